The number of benzene rings is 1. The Bertz CT molecular complexity index is 586. The van der Waals surface area contributed by atoms with Gasteiger partial charge in [0, 0.05) is 23.7 Å². The second kappa shape index (κ2) is 4.38. The topological polar surface area (TPSA) is 48.1 Å². The van der Waals surface area contributed by atoms with Gasteiger partial charge >= 0.3 is 0 Å². The van der Waals surface area contributed by atoms with Gasteiger partial charge in [-0.05, 0) is 11.6 Å². The van der Waals surface area contributed by atoms with Gasteiger partial charge in [-0.3, -0.25) is 4.98 Å². The monoisotopic (exact) mass is 244 g/mol. The molecule has 0 fully saturated rings. The molecule has 2 aromatic rings. The molecule has 92 valence electrons. The van der Waals surface area contributed by atoms with E-state index in [2.05, 4.69) is 4.98 Å². The molecular weight excluding hydrogens is 231 g/mol. The summed E-state index contributed by atoms with van der Waals surface area (Å²) in [6, 6.07) is 6.91. The number of hydrogen-bond donors (Lipinski definition) is 1. The Kier molecular flexibility index (Phi) is 2.72. The van der Waals surface area contributed by atoms with E-state index in [0.29, 0.717) is 12.2 Å². The molecule has 0 saturated carbocycles. The summed E-state index contributed by atoms with van der Waals surface area (Å²) in [6.07, 6.45) is 3.61. The Morgan fingerprint density at radius 3 is 3.00 bits per heavy atom. The summed E-state index contributed by atoms with van der Waals surface area (Å²) < 4.78 is 19.3. The lowest BCUT2D eigenvalue weighted by Crippen LogP contribution is -2.14. The highest BCUT2D eigenvalue weighted by molar-refractivity contribution is 5.48. The Balaban J connectivity index is 2.06. The molecule has 0 saturated heterocycles. The summed E-state index contributed by atoms with van der Waals surface area (Å²) in [4.78, 5) is 3.73. The zero-order valence-corrected chi connectivity index (χ0v) is 9.77. The van der Waals surface area contributed by atoms with E-state index in [9.17, 15) is 4.39 Å². The number of para-hydroxylation sites is 1. The fraction of sp³-hybridized carbons (Fsp3) is 0.214. The molecule has 1 aliphatic rings. The molecule has 1 aromatic carbocycles. The van der Waals surface area contributed by atoms with Crippen LogP contribution in [0, 0.1) is 5.82 Å². The molecule has 18 heavy (non-hydrogen) atoms. The predicted octanol–water partition coefficient (Wildman–Crippen LogP) is 2.20. The number of halogens is 1. The van der Waals surface area contributed by atoms with E-state index in [1.54, 1.807) is 12.3 Å². The van der Waals surface area contributed by atoms with Crippen LogP contribution in [0.1, 0.15) is 22.7 Å². The van der Waals surface area contributed by atoms with E-state index < -0.39 is 6.04 Å². The van der Waals surface area contributed by atoms with Crippen LogP contribution in [0.5, 0.6) is 5.75 Å². The van der Waals surface area contributed by atoms with Gasteiger partial charge in [-0.1, -0.05) is 18.2 Å². The van der Waals surface area contributed by atoms with Gasteiger partial charge in [0.25, 0.3) is 0 Å². The van der Waals surface area contributed by atoms with Crippen molar-refractivity contribution in [2.75, 3.05) is 6.61 Å². The van der Waals surface area contributed by atoms with Crippen LogP contribution in [0.25, 0.3) is 0 Å². The Morgan fingerprint density at radius 1 is 1.28 bits per heavy atom. The summed E-state index contributed by atoms with van der Waals surface area (Å²) in [5.74, 6) is 0.418. The minimum atomic E-state index is -0.527. The van der Waals surface area contributed by atoms with Gasteiger partial charge in [0.1, 0.15) is 11.6 Å². The number of pyridine rings is 1. The number of hydrogen-bond acceptors (Lipinski definition) is 3. The Hall–Kier alpha value is -1.94. The third kappa shape index (κ3) is 1.75. The zero-order valence-electron chi connectivity index (χ0n) is 9.77. The van der Waals surface area contributed by atoms with Gasteiger partial charge in [-0.25, -0.2) is 4.39 Å². The fourth-order valence-electron chi connectivity index (χ4n) is 2.29. The molecule has 2 heterocycles. The maximum absolute atomic E-state index is 13.7. The number of nitrogens with zero attached hydrogens (tertiary/aromatic N) is 1. The lowest BCUT2D eigenvalue weighted by molar-refractivity contribution is 0.352. The second-order valence-corrected chi connectivity index (χ2v) is 4.31. The maximum Gasteiger partial charge on any atom is 0.146 e. The van der Waals surface area contributed by atoms with Crippen molar-refractivity contribution in [2.24, 2.45) is 5.73 Å². The summed E-state index contributed by atoms with van der Waals surface area (Å²) in [5.41, 5.74) is 8.55. The first-order valence-corrected chi connectivity index (χ1v) is 5.87. The fourth-order valence-corrected chi connectivity index (χ4v) is 2.29. The molecule has 2 N–H and O–H groups in total. The zero-order chi connectivity index (χ0) is 12.5. The van der Waals surface area contributed by atoms with Crippen LogP contribution in [0.15, 0.2) is 36.7 Å². The number of nitrogens with two attached hydrogens (primary N) is 1. The lowest BCUT2D eigenvalue weighted by atomic mass is 9.97. The minimum absolute atomic E-state index is 0.388. The summed E-state index contributed by atoms with van der Waals surface area (Å²) in [7, 11) is 0. The molecule has 0 radical (unpaired) electrons. The van der Waals surface area contributed by atoms with Crippen LogP contribution in [0.3, 0.4) is 0 Å². The van der Waals surface area contributed by atoms with Crippen LogP contribution >= 0.6 is 0 Å². The van der Waals surface area contributed by atoms with E-state index in [0.717, 1.165) is 23.3 Å². The first-order valence-electron chi connectivity index (χ1n) is 5.87. The van der Waals surface area contributed by atoms with Gasteiger partial charge in [0.2, 0.25) is 0 Å². The highest BCUT2D eigenvalue weighted by Gasteiger charge is 2.22. The molecule has 1 aliphatic heterocycles. The largest absolute Gasteiger partial charge is 0.493 e. The van der Waals surface area contributed by atoms with Crippen molar-refractivity contribution in [1.82, 2.24) is 4.98 Å². The van der Waals surface area contributed by atoms with Crippen molar-refractivity contribution >= 4 is 0 Å². The van der Waals surface area contributed by atoms with Crippen molar-refractivity contribution in [2.45, 2.75) is 12.5 Å². The number of aromatic nitrogens is 1. The van der Waals surface area contributed by atoms with E-state index >= 15 is 0 Å². The molecule has 3 nitrogen and oxygen atoms in total. The normalized spacial score (nSPS) is 15.0. The van der Waals surface area contributed by atoms with Crippen LogP contribution in [-0.4, -0.2) is 11.6 Å². The van der Waals surface area contributed by atoms with Gasteiger partial charge in [0.05, 0.1) is 18.8 Å². The maximum atomic E-state index is 13.7. The number of fused-ring (bicyclic) bond motifs is 1. The third-order valence-electron chi connectivity index (χ3n) is 3.22. The SMILES string of the molecule is NC(c1ccncc1F)c1cccc2c1OCC2. The molecule has 0 amide bonds. The molecule has 0 spiro atoms. The highest BCUT2D eigenvalue weighted by atomic mass is 19.1. The molecule has 1 unspecified atom stereocenters. The second-order valence-electron chi connectivity index (χ2n) is 4.31. The van der Waals surface area contributed by atoms with Gasteiger partial charge in [-0.15, -0.1) is 0 Å². The first-order chi connectivity index (χ1) is 8.77. The molecule has 0 aliphatic carbocycles. The lowest BCUT2D eigenvalue weighted by Gasteiger charge is -2.16. The standard InChI is InChI=1S/C14H13FN2O/c15-12-8-17-6-4-10(12)13(16)11-3-1-2-9-5-7-18-14(9)11/h1-4,6,8,13H,5,7,16H2. The quantitative estimate of drug-likeness (QED) is 0.881. The molecular formula is C14H13FN2O. The van der Waals surface area contributed by atoms with Crippen LogP contribution in [0.4, 0.5) is 4.39 Å². The van der Waals surface area contributed by atoms with Crippen molar-refractivity contribution in [3.8, 4) is 5.75 Å². The van der Waals surface area contributed by atoms with Gasteiger partial charge in [-0.2, -0.15) is 0 Å². The summed E-state index contributed by atoms with van der Waals surface area (Å²) in [5, 5.41) is 0. The van der Waals surface area contributed by atoms with Gasteiger partial charge in [0.15, 0.2) is 0 Å². The average Bonchev–Trinajstić information content (AvgIpc) is 2.86. The highest BCUT2D eigenvalue weighted by Crippen LogP contribution is 2.35. The van der Waals surface area contributed by atoms with Crippen LogP contribution in [-0.2, 0) is 6.42 Å². The van der Waals surface area contributed by atoms with Crippen molar-refractivity contribution in [3.63, 3.8) is 0 Å². The minimum Gasteiger partial charge on any atom is -0.493 e. The van der Waals surface area contributed by atoms with Crippen molar-refractivity contribution in [3.05, 3.63) is 59.2 Å². The number of rotatable bonds is 2. The Morgan fingerprint density at radius 2 is 2.17 bits per heavy atom. The first kappa shape index (κ1) is 11.2. The van der Waals surface area contributed by atoms with E-state index in [1.165, 1.54) is 6.20 Å². The van der Waals surface area contributed by atoms with Crippen LogP contribution in [0.2, 0.25) is 0 Å². The smallest absolute Gasteiger partial charge is 0.146 e. The Labute approximate surface area is 104 Å². The third-order valence-corrected chi connectivity index (χ3v) is 3.22. The van der Waals surface area contributed by atoms with Crippen molar-refractivity contribution < 1.29 is 9.13 Å². The molecule has 4 heteroatoms. The molecule has 0 bridgehead atoms. The molecule has 1 atom stereocenters. The van der Waals surface area contributed by atoms with E-state index in [1.807, 2.05) is 18.2 Å². The average molecular weight is 244 g/mol. The van der Waals surface area contributed by atoms with E-state index in [4.69, 9.17) is 10.5 Å². The van der Waals surface area contributed by atoms with E-state index in [-0.39, 0.29) is 5.82 Å². The summed E-state index contributed by atoms with van der Waals surface area (Å²) in [6.45, 7) is 0.665. The van der Waals surface area contributed by atoms with Gasteiger partial charge < -0.3 is 10.5 Å². The van der Waals surface area contributed by atoms with Crippen LogP contribution < -0.4 is 10.5 Å². The number of ether oxygens (including phenoxy) is 1. The summed E-state index contributed by atoms with van der Waals surface area (Å²) >= 11 is 0. The van der Waals surface area contributed by atoms with Crippen molar-refractivity contribution in [1.29, 1.82) is 0 Å². The molecule has 3 rings (SSSR count). The predicted molar refractivity (Wildman–Crippen MR) is 65.9 cm³/mol. The molecule has 1 aromatic heterocycles.